The Hall–Kier alpha value is -2.90. The lowest BCUT2D eigenvalue weighted by Crippen LogP contribution is -2.54. The first-order valence-electron chi connectivity index (χ1n) is 11.6. The average molecular weight is 480 g/mol. The van der Waals surface area contributed by atoms with Crippen LogP contribution >= 0.6 is 11.6 Å². The SMILES string of the molecule is COc1cc(Cl)c(C)cc1N1C(=O)[C@@H]2[C@H]3CCCN3[C@]3(C(=O)Nc4c(C)cc(C)cc43)[C@H]2C1=O. The van der Waals surface area contributed by atoms with Crippen LogP contribution in [0.2, 0.25) is 5.02 Å². The van der Waals surface area contributed by atoms with Gasteiger partial charge in [0.15, 0.2) is 0 Å². The van der Waals surface area contributed by atoms with Crippen molar-refractivity contribution in [3.8, 4) is 5.75 Å². The molecule has 2 aromatic carbocycles. The molecule has 4 aliphatic rings. The van der Waals surface area contributed by atoms with Crippen molar-refractivity contribution >= 4 is 40.7 Å². The van der Waals surface area contributed by atoms with Gasteiger partial charge in [-0.05, 0) is 57.4 Å². The van der Waals surface area contributed by atoms with Crippen molar-refractivity contribution in [2.45, 2.75) is 45.2 Å². The summed E-state index contributed by atoms with van der Waals surface area (Å²) in [4.78, 5) is 45.4. The fourth-order valence-corrected chi connectivity index (χ4v) is 7.04. The topological polar surface area (TPSA) is 79.0 Å². The van der Waals surface area contributed by atoms with Gasteiger partial charge in [-0.15, -0.1) is 0 Å². The highest BCUT2D eigenvalue weighted by atomic mass is 35.5. The van der Waals surface area contributed by atoms with Gasteiger partial charge in [0.1, 0.15) is 11.3 Å². The molecule has 0 unspecified atom stereocenters. The molecule has 8 heteroatoms. The smallest absolute Gasteiger partial charge is 0.250 e. The van der Waals surface area contributed by atoms with E-state index >= 15 is 0 Å². The number of imide groups is 1. The summed E-state index contributed by atoms with van der Waals surface area (Å²) in [5, 5.41) is 3.57. The van der Waals surface area contributed by atoms with Gasteiger partial charge in [-0.1, -0.05) is 29.3 Å². The van der Waals surface area contributed by atoms with Crippen LogP contribution in [-0.4, -0.2) is 42.3 Å². The maximum Gasteiger partial charge on any atom is 0.250 e. The molecule has 3 amide bonds. The average Bonchev–Trinajstić information content (AvgIpc) is 3.49. The summed E-state index contributed by atoms with van der Waals surface area (Å²) in [6.45, 7) is 6.46. The number of hydrogen-bond donors (Lipinski definition) is 1. The normalized spacial score (nSPS) is 29.6. The van der Waals surface area contributed by atoms with Crippen LogP contribution in [-0.2, 0) is 19.9 Å². The summed E-state index contributed by atoms with van der Waals surface area (Å²) in [6.07, 6.45) is 1.66. The lowest BCUT2D eigenvalue weighted by atomic mass is 9.75. The Balaban J connectivity index is 1.58. The third kappa shape index (κ3) is 2.44. The molecule has 1 N–H and O–H groups in total. The number of anilines is 2. The van der Waals surface area contributed by atoms with Gasteiger partial charge in [-0.2, -0.15) is 0 Å². The largest absolute Gasteiger partial charge is 0.495 e. The summed E-state index contributed by atoms with van der Waals surface area (Å²) in [7, 11) is 1.49. The molecule has 3 saturated heterocycles. The lowest BCUT2D eigenvalue weighted by molar-refractivity contribution is -0.135. The van der Waals surface area contributed by atoms with Crippen molar-refractivity contribution in [2.24, 2.45) is 11.8 Å². The summed E-state index contributed by atoms with van der Waals surface area (Å²) in [6, 6.07) is 7.22. The second-order valence-corrected chi connectivity index (χ2v) is 10.3. The minimum Gasteiger partial charge on any atom is -0.495 e. The zero-order chi connectivity index (χ0) is 24.1. The molecular formula is C26H26ClN3O4. The third-order valence-corrected chi connectivity index (χ3v) is 8.55. The maximum atomic E-state index is 14.2. The molecule has 2 aromatic rings. The number of rotatable bonds is 2. The van der Waals surface area contributed by atoms with Crippen molar-refractivity contribution in [3.63, 3.8) is 0 Å². The number of carbonyl (C=O) groups is 3. The number of aryl methyl sites for hydroxylation is 3. The molecule has 0 aliphatic carbocycles. The van der Waals surface area contributed by atoms with E-state index in [2.05, 4.69) is 10.2 Å². The first-order valence-corrected chi connectivity index (χ1v) is 12.0. The molecule has 0 bridgehead atoms. The second kappa shape index (κ2) is 7.06. The fraction of sp³-hybridized carbons (Fsp3) is 0.423. The zero-order valence-corrected chi connectivity index (χ0v) is 20.3. The van der Waals surface area contributed by atoms with Crippen LogP contribution in [0.25, 0.3) is 0 Å². The van der Waals surface area contributed by atoms with Gasteiger partial charge in [0.05, 0.1) is 24.6 Å². The number of fused-ring (bicyclic) bond motifs is 7. The molecule has 0 saturated carbocycles. The summed E-state index contributed by atoms with van der Waals surface area (Å²) in [5.41, 5.74) is 3.50. The molecule has 34 heavy (non-hydrogen) atoms. The number of hydrogen-bond acceptors (Lipinski definition) is 5. The number of nitrogens with one attached hydrogen (secondary N) is 1. The van der Waals surface area contributed by atoms with E-state index in [0.717, 1.165) is 40.8 Å². The van der Waals surface area contributed by atoms with Crippen LogP contribution in [0.15, 0.2) is 24.3 Å². The van der Waals surface area contributed by atoms with Crippen molar-refractivity contribution in [1.82, 2.24) is 4.90 Å². The molecule has 6 rings (SSSR count). The van der Waals surface area contributed by atoms with E-state index in [1.165, 1.54) is 12.0 Å². The molecule has 3 fully saturated rings. The Morgan fingerprint density at radius 3 is 2.56 bits per heavy atom. The van der Waals surface area contributed by atoms with Crippen LogP contribution in [0.5, 0.6) is 5.75 Å². The summed E-state index contributed by atoms with van der Waals surface area (Å²) >= 11 is 6.29. The highest BCUT2D eigenvalue weighted by Gasteiger charge is 2.74. The Bertz CT molecular complexity index is 1310. The monoisotopic (exact) mass is 479 g/mol. The second-order valence-electron chi connectivity index (χ2n) is 9.92. The van der Waals surface area contributed by atoms with Gasteiger partial charge in [-0.25, -0.2) is 4.90 Å². The predicted octanol–water partition coefficient (Wildman–Crippen LogP) is 3.71. The number of nitrogens with zero attached hydrogens (tertiary/aromatic N) is 2. The lowest BCUT2D eigenvalue weighted by Gasteiger charge is -2.37. The van der Waals surface area contributed by atoms with Crippen molar-refractivity contribution in [1.29, 1.82) is 0 Å². The number of halogens is 1. The molecule has 4 heterocycles. The number of ether oxygens (including phenoxy) is 1. The van der Waals surface area contributed by atoms with E-state index in [0.29, 0.717) is 23.0 Å². The Kier molecular flexibility index (Phi) is 4.49. The first kappa shape index (κ1) is 21.6. The predicted molar refractivity (Wildman–Crippen MR) is 128 cm³/mol. The standard InChI is InChI=1S/C26H26ClN3O4/c1-12-8-14(3)22-15(9-12)26(25(33)28-22)21-20(17-6-5-7-29(17)26)23(31)30(24(21)32)18-10-13(2)16(27)11-19(18)34-4/h8-11,17,20-21H,5-7H2,1-4H3,(H,28,33)/t17-,20-,21-,26+/m1/s1. The summed E-state index contributed by atoms with van der Waals surface area (Å²) < 4.78 is 5.50. The Labute approximate surface area is 203 Å². The van der Waals surface area contributed by atoms with Crippen molar-refractivity contribution in [3.05, 3.63) is 51.5 Å². The molecule has 4 aliphatic heterocycles. The number of methoxy groups -OCH3 is 1. The van der Waals surface area contributed by atoms with Gasteiger partial charge < -0.3 is 10.1 Å². The number of carbonyl (C=O) groups excluding carboxylic acids is 3. The molecule has 176 valence electrons. The van der Waals surface area contributed by atoms with Crippen LogP contribution in [0.4, 0.5) is 11.4 Å². The van der Waals surface area contributed by atoms with Gasteiger partial charge in [0, 0.05) is 28.4 Å². The first-order chi connectivity index (χ1) is 16.2. The summed E-state index contributed by atoms with van der Waals surface area (Å²) in [5.74, 6) is -1.86. The molecule has 0 radical (unpaired) electrons. The zero-order valence-electron chi connectivity index (χ0n) is 19.6. The van der Waals surface area contributed by atoms with Crippen LogP contribution in [0, 0.1) is 32.6 Å². The van der Waals surface area contributed by atoms with E-state index in [9.17, 15) is 14.4 Å². The number of amides is 3. The quantitative estimate of drug-likeness (QED) is 0.664. The van der Waals surface area contributed by atoms with Crippen LogP contribution in [0.3, 0.4) is 0 Å². The third-order valence-electron chi connectivity index (χ3n) is 8.14. The van der Waals surface area contributed by atoms with Gasteiger partial charge in [-0.3, -0.25) is 19.3 Å². The molecule has 0 aromatic heterocycles. The highest BCUT2D eigenvalue weighted by molar-refractivity contribution is 6.32. The van der Waals surface area contributed by atoms with Gasteiger partial charge in [0.25, 0.3) is 0 Å². The fourth-order valence-electron chi connectivity index (χ4n) is 6.88. The van der Waals surface area contributed by atoms with Crippen molar-refractivity contribution < 1.29 is 19.1 Å². The molecule has 7 nitrogen and oxygen atoms in total. The van der Waals surface area contributed by atoms with E-state index in [1.807, 2.05) is 32.9 Å². The van der Waals surface area contributed by atoms with E-state index in [-0.39, 0.29) is 23.8 Å². The van der Waals surface area contributed by atoms with E-state index in [4.69, 9.17) is 16.3 Å². The van der Waals surface area contributed by atoms with E-state index in [1.54, 1.807) is 12.1 Å². The Morgan fingerprint density at radius 2 is 1.82 bits per heavy atom. The van der Waals surface area contributed by atoms with E-state index < -0.39 is 17.4 Å². The minimum atomic E-state index is -1.19. The highest BCUT2D eigenvalue weighted by Crippen LogP contribution is 2.61. The van der Waals surface area contributed by atoms with Gasteiger partial charge >= 0.3 is 0 Å². The maximum absolute atomic E-state index is 14.2. The molecular weight excluding hydrogens is 454 g/mol. The van der Waals surface area contributed by atoms with Crippen molar-refractivity contribution in [2.75, 3.05) is 23.9 Å². The Morgan fingerprint density at radius 1 is 1.06 bits per heavy atom. The molecule has 4 atom stereocenters. The molecule has 1 spiro atoms. The number of benzene rings is 2. The van der Waals surface area contributed by atoms with Crippen LogP contribution in [0.1, 0.15) is 35.1 Å². The van der Waals surface area contributed by atoms with Gasteiger partial charge in [0.2, 0.25) is 17.7 Å². The van der Waals surface area contributed by atoms with Crippen LogP contribution < -0.4 is 15.0 Å². The minimum absolute atomic E-state index is 0.164.